The van der Waals surface area contributed by atoms with Crippen LogP contribution in [0.2, 0.25) is 5.02 Å². The molecule has 0 bridgehead atoms. The van der Waals surface area contributed by atoms with E-state index < -0.39 is 20.6 Å². The zero-order chi connectivity index (χ0) is 17.9. The summed E-state index contributed by atoms with van der Waals surface area (Å²) in [5, 5.41) is 11.4. The second kappa shape index (κ2) is 7.06. The monoisotopic (exact) mass is 370 g/mol. The average Bonchev–Trinajstić information content (AvgIpc) is 2.55. The number of nitro groups is 1. The molecule has 0 fully saturated rings. The molecule has 7 nitrogen and oxygen atoms in total. The molecule has 0 unspecified atom stereocenters. The van der Waals surface area contributed by atoms with Crippen LogP contribution in [0.15, 0.2) is 47.4 Å². The largest absolute Gasteiger partial charge is 0.495 e. The first-order valence-electron chi connectivity index (χ1n) is 6.92. The summed E-state index contributed by atoms with van der Waals surface area (Å²) in [6.07, 6.45) is 0. The smallest absolute Gasteiger partial charge is 0.289 e. The van der Waals surface area contributed by atoms with Crippen LogP contribution >= 0.6 is 11.6 Å². The second-order valence-electron chi connectivity index (χ2n) is 4.71. The molecule has 2 aromatic rings. The Morgan fingerprint density at radius 2 is 1.92 bits per heavy atom. The lowest BCUT2D eigenvalue weighted by Crippen LogP contribution is -2.31. The van der Waals surface area contributed by atoms with Crippen LogP contribution in [0.4, 0.5) is 11.4 Å². The highest BCUT2D eigenvalue weighted by Crippen LogP contribution is 2.33. The summed E-state index contributed by atoms with van der Waals surface area (Å²) < 4.78 is 31.9. The summed E-state index contributed by atoms with van der Waals surface area (Å²) in [7, 11) is -2.68. The number of rotatable bonds is 6. The zero-order valence-electron chi connectivity index (χ0n) is 13.0. The topological polar surface area (TPSA) is 89.8 Å². The van der Waals surface area contributed by atoms with Gasteiger partial charge in [0.05, 0.1) is 22.7 Å². The van der Waals surface area contributed by atoms with E-state index in [-0.39, 0.29) is 16.5 Å². The molecule has 128 valence electrons. The lowest BCUT2D eigenvalue weighted by molar-refractivity contribution is -0.387. The van der Waals surface area contributed by atoms with Gasteiger partial charge in [-0.2, -0.15) is 0 Å². The summed E-state index contributed by atoms with van der Waals surface area (Å²) in [4.78, 5) is 10.0. The third-order valence-electron chi connectivity index (χ3n) is 3.34. The molecule has 0 spiro atoms. The molecule has 9 heteroatoms. The molecule has 0 amide bonds. The number of anilines is 1. The Morgan fingerprint density at radius 3 is 2.46 bits per heavy atom. The minimum Gasteiger partial charge on any atom is -0.495 e. The van der Waals surface area contributed by atoms with Crippen LogP contribution in [0.5, 0.6) is 5.75 Å². The molecular formula is C15H15ClN2O5S. The number of benzene rings is 2. The Morgan fingerprint density at radius 1 is 1.25 bits per heavy atom. The lowest BCUT2D eigenvalue weighted by Gasteiger charge is -2.23. The van der Waals surface area contributed by atoms with Crippen LogP contribution < -0.4 is 9.04 Å². The number of hydrogen-bond acceptors (Lipinski definition) is 5. The van der Waals surface area contributed by atoms with Crippen molar-refractivity contribution in [2.24, 2.45) is 0 Å². The number of para-hydroxylation sites is 1. The van der Waals surface area contributed by atoms with E-state index in [1.54, 1.807) is 6.92 Å². The molecule has 0 saturated carbocycles. The molecule has 0 radical (unpaired) electrons. The molecule has 2 aromatic carbocycles. The molecule has 0 saturated heterocycles. The summed E-state index contributed by atoms with van der Waals surface area (Å²) in [6, 6.07) is 9.72. The number of halogens is 1. The summed E-state index contributed by atoms with van der Waals surface area (Å²) in [6.45, 7) is 1.71. The van der Waals surface area contributed by atoms with Crippen molar-refractivity contribution in [1.82, 2.24) is 0 Å². The van der Waals surface area contributed by atoms with Crippen LogP contribution in [0.1, 0.15) is 6.92 Å². The van der Waals surface area contributed by atoms with Gasteiger partial charge in [-0.25, -0.2) is 8.42 Å². The molecule has 0 atom stereocenters. The van der Waals surface area contributed by atoms with E-state index in [1.165, 1.54) is 43.5 Å². The molecule has 2 rings (SSSR count). The van der Waals surface area contributed by atoms with Crippen molar-refractivity contribution >= 4 is 33.0 Å². The molecule has 0 N–H and O–H groups in total. The van der Waals surface area contributed by atoms with Crippen LogP contribution in [0.25, 0.3) is 0 Å². The van der Waals surface area contributed by atoms with E-state index in [4.69, 9.17) is 16.3 Å². The molecule has 0 aliphatic rings. The van der Waals surface area contributed by atoms with Gasteiger partial charge in [-0.1, -0.05) is 23.7 Å². The second-order valence-corrected chi connectivity index (χ2v) is 6.95. The number of nitro benzene ring substituents is 1. The van der Waals surface area contributed by atoms with Gasteiger partial charge in [0.1, 0.15) is 5.75 Å². The first kappa shape index (κ1) is 18.0. The van der Waals surface area contributed by atoms with Gasteiger partial charge in [0.25, 0.3) is 15.7 Å². The predicted octanol–water partition coefficient (Wildman–Crippen LogP) is 3.47. The number of sulfonamides is 1. The zero-order valence-corrected chi connectivity index (χ0v) is 14.5. The van der Waals surface area contributed by atoms with Crippen molar-refractivity contribution < 1.29 is 18.1 Å². The van der Waals surface area contributed by atoms with Crippen LogP contribution in [0.3, 0.4) is 0 Å². The number of methoxy groups -OCH3 is 1. The first-order valence-corrected chi connectivity index (χ1v) is 8.74. The summed E-state index contributed by atoms with van der Waals surface area (Å²) in [5.74, 6) is 0.402. The highest BCUT2D eigenvalue weighted by molar-refractivity contribution is 7.93. The Balaban J connectivity index is 2.58. The van der Waals surface area contributed by atoms with Gasteiger partial charge in [0, 0.05) is 12.6 Å². The first-order chi connectivity index (χ1) is 11.3. The molecular weight excluding hydrogens is 356 g/mol. The van der Waals surface area contributed by atoms with Crippen molar-refractivity contribution in [1.29, 1.82) is 0 Å². The van der Waals surface area contributed by atoms with Crippen LogP contribution in [0, 0.1) is 10.1 Å². The summed E-state index contributed by atoms with van der Waals surface area (Å²) >= 11 is 6.05. The normalized spacial score (nSPS) is 11.1. The number of nitrogens with zero attached hydrogens (tertiary/aromatic N) is 2. The summed E-state index contributed by atoms with van der Waals surface area (Å²) in [5.41, 5.74) is -0.183. The van der Waals surface area contributed by atoms with Crippen molar-refractivity contribution in [3.63, 3.8) is 0 Å². The maximum Gasteiger partial charge on any atom is 0.289 e. The van der Waals surface area contributed by atoms with Crippen LogP contribution in [-0.2, 0) is 10.0 Å². The predicted molar refractivity (Wildman–Crippen MR) is 91.3 cm³/mol. The SMILES string of the molecule is CCN(c1ccc(OC)c(Cl)c1)S(=O)(=O)c1ccccc1[N+](=O)[O-]. The molecule has 0 aliphatic heterocycles. The maximum absolute atomic E-state index is 12.9. The molecule has 0 heterocycles. The Kier molecular flexibility index (Phi) is 5.30. The van der Waals surface area contributed by atoms with Gasteiger partial charge in [-0.15, -0.1) is 0 Å². The van der Waals surface area contributed by atoms with Gasteiger partial charge < -0.3 is 4.74 Å². The molecule has 0 aromatic heterocycles. The van der Waals surface area contributed by atoms with Gasteiger partial charge >= 0.3 is 0 Å². The lowest BCUT2D eigenvalue weighted by atomic mass is 10.3. The van der Waals surface area contributed by atoms with Gasteiger partial charge in [-0.05, 0) is 31.2 Å². The third-order valence-corrected chi connectivity index (χ3v) is 5.59. The fraction of sp³-hybridized carbons (Fsp3) is 0.200. The van der Waals surface area contributed by atoms with Crippen molar-refractivity contribution in [2.75, 3.05) is 18.0 Å². The van der Waals surface area contributed by atoms with Crippen LogP contribution in [-0.4, -0.2) is 27.0 Å². The minimum atomic E-state index is -4.12. The van der Waals surface area contributed by atoms with Crippen molar-refractivity contribution in [2.45, 2.75) is 11.8 Å². The standard InChI is InChI=1S/C15H15ClN2O5S/c1-3-17(11-8-9-14(23-2)12(16)10-11)24(21,22)15-7-5-4-6-13(15)18(19)20/h4-10H,3H2,1-2H3. The minimum absolute atomic E-state index is 0.0804. The van der Waals surface area contributed by atoms with E-state index in [0.29, 0.717) is 11.4 Å². The number of ether oxygens (including phenoxy) is 1. The highest BCUT2D eigenvalue weighted by Gasteiger charge is 2.31. The third kappa shape index (κ3) is 3.29. The Labute approximate surface area is 144 Å². The van der Waals surface area contributed by atoms with E-state index in [9.17, 15) is 18.5 Å². The quantitative estimate of drug-likeness (QED) is 0.573. The van der Waals surface area contributed by atoms with Crippen molar-refractivity contribution in [3.05, 3.63) is 57.6 Å². The Bertz CT molecular complexity index is 870. The molecule has 0 aliphatic carbocycles. The van der Waals surface area contributed by atoms with E-state index in [2.05, 4.69) is 0 Å². The van der Waals surface area contributed by atoms with Gasteiger partial charge in [0.2, 0.25) is 0 Å². The molecule has 24 heavy (non-hydrogen) atoms. The maximum atomic E-state index is 12.9. The Hall–Kier alpha value is -2.32. The average molecular weight is 371 g/mol. The fourth-order valence-electron chi connectivity index (χ4n) is 2.25. The van der Waals surface area contributed by atoms with E-state index in [1.807, 2.05) is 0 Å². The van der Waals surface area contributed by atoms with Crippen molar-refractivity contribution in [3.8, 4) is 5.75 Å². The fourth-order valence-corrected chi connectivity index (χ4v) is 4.12. The van der Waals surface area contributed by atoms with Gasteiger partial charge in [0.15, 0.2) is 4.90 Å². The van der Waals surface area contributed by atoms with E-state index in [0.717, 1.165) is 10.4 Å². The highest BCUT2D eigenvalue weighted by atomic mass is 35.5. The van der Waals surface area contributed by atoms with Gasteiger partial charge in [-0.3, -0.25) is 14.4 Å². The number of hydrogen-bond donors (Lipinski definition) is 0. The van der Waals surface area contributed by atoms with E-state index >= 15 is 0 Å².